The molecule has 84 valence electrons. The summed E-state index contributed by atoms with van der Waals surface area (Å²) >= 11 is 1.49. The van der Waals surface area contributed by atoms with Gasteiger partial charge < -0.3 is 4.74 Å². The first-order chi connectivity index (χ1) is 7.63. The van der Waals surface area contributed by atoms with Crippen LogP contribution in [0.4, 0.5) is 4.39 Å². The summed E-state index contributed by atoms with van der Waals surface area (Å²) in [5.41, 5.74) is 1.62. The Morgan fingerprint density at radius 1 is 1.06 bits per heavy atom. The topological polar surface area (TPSA) is 9.23 Å². The molecule has 16 heavy (non-hydrogen) atoms. The van der Waals surface area contributed by atoms with Crippen molar-refractivity contribution in [2.24, 2.45) is 0 Å². The SMILES string of the molecule is COc1ccc(-c2c(C)sc(C)c2F)cc1. The first kappa shape index (κ1) is 11.1. The lowest BCUT2D eigenvalue weighted by Crippen LogP contribution is -1.85. The fourth-order valence-electron chi connectivity index (χ4n) is 1.74. The molecule has 2 aromatic rings. The molecule has 1 nitrogen and oxygen atoms in total. The molecule has 1 aromatic heterocycles. The number of benzene rings is 1. The second-order valence-corrected chi connectivity index (χ2v) is 5.06. The van der Waals surface area contributed by atoms with Crippen LogP contribution in [0.2, 0.25) is 0 Å². The highest BCUT2D eigenvalue weighted by atomic mass is 32.1. The zero-order valence-electron chi connectivity index (χ0n) is 9.50. The second kappa shape index (κ2) is 4.26. The van der Waals surface area contributed by atoms with Gasteiger partial charge in [-0.25, -0.2) is 4.39 Å². The molecule has 0 spiro atoms. The van der Waals surface area contributed by atoms with Gasteiger partial charge in [-0.1, -0.05) is 12.1 Å². The third kappa shape index (κ3) is 1.83. The molecule has 0 aliphatic rings. The summed E-state index contributed by atoms with van der Waals surface area (Å²) in [7, 11) is 1.62. The number of ether oxygens (including phenoxy) is 1. The van der Waals surface area contributed by atoms with Crippen LogP contribution in [-0.4, -0.2) is 7.11 Å². The van der Waals surface area contributed by atoms with E-state index in [1.165, 1.54) is 11.3 Å². The van der Waals surface area contributed by atoms with Gasteiger partial charge in [0, 0.05) is 15.3 Å². The van der Waals surface area contributed by atoms with Crippen molar-refractivity contribution in [1.82, 2.24) is 0 Å². The molecule has 0 N–H and O–H groups in total. The van der Waals surface area contributed by atoms with Crippen LogP contribution in [-0.2, 0) is 0 Å². The lowest BCUT2D eigenvalue weighted by molar-refractivity contribution is 0.415. The molecule has 0 fully saturated rings. The summed E-state index contributed by atoms with van der Waals surface area (Å²) in [6.45, 7) is 3.75. The van der Waals surface area contributed by atoms with E-state index in [0.717, 1.165) is 21.1 Å². The molecule has 0 amide bonds. The number of hydrogen-bond donors (Lipinski definition) is 0. The summed E-state index contributed by atoms with van der Waals surface area (Å²) in [6.07, 6.45) is 0. The molecule has 0 aliphatic carbocycles. The van der Waals surface area contributed by atoms with Crippen molar-refractivity contribution in [2.45, 2.75) is 13.8 Å². The number of halogens is 1. The molecule has 1 aromatic carbocycles. The molecular formula is C13H13FOS. The van der Waals surface area contributed by atoms with E-state index in [-0.39, 0.29) is 5.82 Å². The van der Waals surface area contributed by atoms with E-state index in [1.54, 1.807) is 14.0 Å². The van der Waals surface area contributed by atoms with Crippen LogP contribution in [0.1, 0.15) is 9.75 Å². The van der Waals surface area contributed by atoms with Gasteiger partial charge in [0.15, 0.2) is 0 Å². The van der Waals surface area contributed by atoms with Crippen molar-refractivity contribution < 1.29 is 9.13 Å². The van der Waals surface area contributed by atoms with Gasteiger partial charge in [-0.2, -0.15) is 0 Å². The highest BCUT2D eigenvalue weighted by molar-refractivity contribution is 7.12. The molecule has 0 unspecified atom stereocenters. The Morgan fingerprint density at radius 2 is 1.69 bits per heavy atom. The van der Waals surface area contributed by atoms with E-state index in [2.05, 4.69) is 0 Å². The first-order valence-electron chi connectivity index (χ1n) is 5.03. The zero-order chi connectivity index (χ0) is 11.7. The predicted molar refractivity (Wildman–Crippen MR) is 65.7 cm³/mol. The molecule has 0 radical (unpaired) electrons. The Morgan fingerprint density at radius 3 is 2.12 bits per heavy atom. The summed E-state index contributed by atoms with van der Waals surface area (Å²) < 4.78 is 18.9. The van der Waals surface area contributed by atoms with Crippen molar-refractivity contribution in [3.05, 3.63) is 39.8 Å². The maximum atomic E-state index is 13.9. The first-order valence-corrected chi connectivity index (χ1v) is 5.85. The quantitative estimate of drug-likeness (QED) is 0.760. The molecule has 0 saturated carbocycles. The van der Waals surface area contributed by atoms with Gasteiger partial charge in [0.2, 0.25) is 0 Å². The smallest absolute Gasteiger partial charge is 0.144 e. The van der Waals surface area contributed by atoms with Crippen molar-refractivity contribution >= 4 is 11.3 Å². The molecule has 0 aliphatic heterocycles. The van der Waals surface area contributed by atoms with Crippen LogP contribution in [0.3, 0.4) is 0 Å². The van der Waals surface area contributed by atoms with E-state index in [0.29, 0.717) is 5.56 Å². The molecule has 0 atom stereocenters. The highest BCUT2D eigenvalue weighted by Crippen LogP contribution is 2.34. The number of methoxy groups -OCH3 is 1. The normalized spacial score (nSPS) is 10.5. The van der Waals surface area contributed by atoms with Gasteiger partial charge in [-0.15, -0.1) is 11.3 Å². The number of thiophene rings is 1. The van der Waals surface area contributed by atoms with Gasteiger partial charge >= 0.3 is 0 Å². The average Bonchev–Trinajstić information content (AvgIpc) is 2.54. The number of hydrogen-bond acceptors (Lipinski definition) is 2. The lowest BCUT2D eigenvalue weighted by atomic mass is 10.1. The summed E-state index contributed by atoms with van der Waals surface area (Å²) in [5, 5.41) is 0. The fraction of sp³-hybridized carbons (Fsp3) is 0.231. The Bertz CT molecular complexity index is 499. The van der Waals surface area contributed by atoms with Gasteiger partial charge in [0.05, 0.1) is 7.11 Å². The monoisotopic (exact) mass is 236 g/mol. The number of aryl methyl sites for hydroxylation is 2. The highest BCUT2D eigenvalue weighted by Gasteiger charge is 2.14. The van der Waals surface area contributed by atoms with Crippen LogP contribution in [0.5, 0.6) is 5.75 Å². The Balaban J connectivity index is 2.50. The fourth-order valence-corrected chi connectivity index (χ4v) is 2.70. The van der Waals surface area contributed by atoms with E-state index in [4.69, 9.17) is 4.74 Å². The van der Waals surface area contributed by atoms with E-state index in [9.17, 15) is 4.39 Å². The minimum atomic E-state index is -0.104. The van der Waals surface area contributed by atoms with Crippen LogP contribution in [0.25, 0.3) is 11.1 Å². The lowest BCUT2D eigenvalue weighted by Gasteiger charge is -2.03. The Kier molecular flexibility index (Phi) is 2.97. The van der Waals surface area contributed by atoms with Crippen molar-refractivity contribution in [1.29, 1.82) is 0 Å². The Labute approximate surface area is 98.5 Å². The van der Waals surface area contributed by atoms with E-state index < -0.39 is 0 Å². The number of rotatable bonds is 2. The van der Waals surface area contributed by atoms with Crippen molar-refractivity contribution in [3.63, 3.8) is 0 Å². The van der Waals surface area contributed by atoms with Crippen LogP contribution >= 0.6 is 11.3 Å². The van der Waals surface area contributed by atoms with Gasteiger partial charge in [0.25, 0.3) is 0 Å². The minimum absolute atomic E-state index is 0.104. The van der Waals surface area contributed by atoms with Crippen LogP contribution in [0, 0.1) is 19.7 Å². The summed E-state index contributed by atoms with van der Waals surface area (Å²) in [4.78, 5) is 1.75. The van der Waals surface area contributed by atoms with Gasteiger partial charge in [-0.3, -0.25) is 0 Å². The third-order valence-electron chi connectivity index (χ3n) is 2.57. The van der Waals surface area contributed by atoms with Crippen molar-refractivity contribution in [2.75, 3.05) is 7.11 Å². The predicted octanol–water partition coefficient (Wildman–Crippen LogP) is 4.18. The van der Waals surface area contributed by atoms with Crippen molar-refractivity contribution in [3.8, 4) is 16.9 Å². The van der Waals surface area contributed by atoms with Gasteiger partial charge in [-0.05, 0) is 31.5 Å². The molecule has 2 rings (SSSR count). The molecule has 3 heteroatoms. The third-order valence-corrected chi connectivity index (χ3v) is 3.56. The minimum Gasteiger partial charge on any atom is -0.497 e. The zero-order valence-corrected chi connectivity index (χ0v) is 10.3. The standard InChI is InChI=1S/C13H13FOS/c1-8-12(13(14)9(2)16-8)10-4-6-11(15-3)7-5-10/h4-7H,1-3H3. The van der Waals surface area contributed by atoms with E-state index in [1.807, 2.05) is 31.2 Å². The molecule has 0 saturated heterocycles. The molecular weight excluding hydrogens is 223 g/mol. The second-order valence-electron chi connectivity index (χ2n) is 3.63. The summed E-state index contributed by atoms with van der Waals surface area (Å²) in [6, 6.07) is 7.47. The molecule has 0 bridgehead atoms. The largest absolute Gasteiger partial charge is 0.497 e. The maximum Gasteiger partial charge on any atom is 0.144 e. The average molecular weight is 236 g/mol. The van der Waals surface area contributed by atoms with E-state index >= 15 is 0 Å². The van der Waals surface area contributed by atoms with Crippen LogP contribution in [0.15, 0.2) is 24.3 Å². The summed E-state index contributed by atoms with van der Waals surface area (Å²) in [5.74, 6) is 0.682. The molecule has 1 heterocycles. The van der Waals surface area contributed by atoms with Gasteiger partial charge in [0.1, 0.15) is 11.6 Å². The maximum absolute atomic E-state index is 13.9. The Hall–Kier alpha value is -1.35. The van der Waals surface area contributed by atoms with Crippen LogP contribution < -0.4 is 4.74 Å².